The molecule has 1 aliphatic carbocycles. The maximum atomic E-state index is 5.37. The molecule has 1 aromatic heterocycles. The summed E-state index contributed by atoms with van der Waals surface area (Å²) in [5.74, 6) is 1.32. The van der Waals surface area contributed by atoms with E-state index in [4.69, 9.17) is 4.74 Å². The van der Waals surface area contributed by atoms with Gasteiger partial charge >= 0.3 is 0 Å². The van der Waals surface area contributed by atoms with Crippen LogP contribution < -0.4 is 10.1 Å². The van der Waals surface area contributed by atoms with Crippen LogP contribution in [0.2, 0.25) is 0 Å². The molecule has 2 rings (SSSR count). The van der Waals surface area contributed by atoms with Gasteiger partial charge in [-0.25, -0.2) is 4.98 Å². The van der Waals surface area contributed by atoms with Crippen molar-refractivity contribution in [2.24, 2.45) is 5.41 Å². The average molecular weight is 235 g/mol. The lowest BCUT2D eigenvalue weighted by molar-refractivity contribution is 0.325. The number of aromatic nitrogens is 2. The van der Waals surface area contributed by atoms with Crippen molar-refractivity contribution in [1.82, 2.24) is 9.97 Å². The Morgan fingerprint density at radius 2 is 2.35 bits per heavy atom. The van der Waals surface area contributed by atoms with Gasteiger partial charge in [0.25, 0.3) is 0 Å². The summed E-state index contributed by atoms with van der Waals surface area (Å²) in [7, 11) is 0. The zero-order chi connectivity index (χ0) is 12.3. The van der Waals surface area contributed by atoms with E-state index in [1.165, 1.54) is 19.3 Å². The Balaban J connectivity index is 2.05. The lowest BCUT2D eigenvalue weighted by Crippen LogP contribution is -2.31. The normalized spacial score (nSPS) is 22.4. The lowest BCUT2D eigenvalue weighted by Gasteiger charge is -2.27. The van der Waals surface area contributed by atoms with Gasteiger partial charge in [-0.15, -0.1) is 0 Å². The maximum Gasteiger partial charge on any atom is 0.226 e. The third kappa shape index (κ3) is 2.87. The Labute approximate surface area is 103 Å². The molecule has 0 saturated heterocycles. The molecule has 1 aliphatic rings. The Morgan fingerprint density at radius 3 is 3.00 bits per heavy atom. The van der Waals surface area contributed by atoms with Crippen molar-refractivity contribution in [3.63, 3.8) is 0 Å². The Morgan fingerprint density at radius 1 is 1.53 bits per heavy atom. The molecule has 1 saturated carbocycles. The van der Waals surface area contributed by atoms with Crippen molar-refractivity contribution in [3.05, 3.63) is 12.3 Å². The van der Waals surface area contributed by atoms with Crippen molar-refractivity contribution in [3.8, 4) is 5.88 Å². The first-order valence-electron chi connectivity index (χ1n) is 6.34. The molecular formula is C13H21N3O. The minimum absolute atomic E-state index is 0.324. The van der Waals surface area contributed by atoms with Gasteiger partial charge in [0, 0.05) is 18.3 Å². The lowest BCUT2D eigenvalue weighted by atomic mass is 9.87. The number of hydrogen-bond donors (Lipinski definition) is 1. The molecule has 0 radical (unpaired) electrons. The van der Waals surface area contributed by atoms with Crippen LogP contribution in [-0.2, 0) is 0 Å². The molecule has 94 valence electrons. The van der Waals surface area contributed by atoms with E-state index in [2.05, 4.69) is 29.1 Å². The molecule has 4 nitrogen and oxygen atoms in total. The average Bonchev–Trinajstić information content (AvgIpc) is 2.59. The fourth-order valence-corrected chi connectivity index (χ4v) is 2.39. The first-order chi connectivity index (χ1) is 8.12. The van der Waals surface area contributed by atoms with E-state index < -0.39 is 0 Å². The van der Waals surface area contributed by atoms with Crippen LogP contribution >= 0.6 is 0 Å². The summed E-state index contributed by atoms with van der Waals surface area (Å²) in [4.78, 5) is 8.60. The van der Waals surface area contributed by atoms with Crippen LogP contribution in [-0.4, -0.2) is 22.6 Å². The first kappa shape index (κ1) is 12.1. The van der Waals surface area contributed by atoms with Gasteiger partial charge in [0.15, 0.2) is 0 Å². The summed E-state index contributed by atoms with van der Waals surface area (Å²) < 4.78 is 5.37. The van der Waals surface area contributed by atoms with Gasteiger partial charge in [0.05, 0.1) is 6.61 Å². The van der Waals surface area contributed by atoms with Crippen LogP contribution in [0.25, 0.3) is 0 Å². The molecule has 0 bridgehead atoms. The van der Waals surface area contributed by atoms with Crippen LogP contribution in [0, 0.1) is 5.41 Å². The van der Waals surface area contributed by atoms with E-state index in [-0.39, 0.29) is 0 Å². The molecule has 0 aliphatic heterocycles. The second-order valence-corrected chi connectivity index (χ2v) is 5.23. The van der Waals surface area contributed by atoms with E-state index in [9.17, 15) is 0 Å². The summed E-state index contributed by atoms with van der Waals surface area (Å²) in [6.07, 6.45) is 5.46. The fraction of sp³-hybridized carbons (Fsp3) is 0.692. The Bertz CT molecular complexity index is 379. The first-order valence-corrected chi connectivity index (χ1v) is 6.34. The maximum absolute atomic E-state index is 5.37. The predicted octanol–water partition coefficient (Wildman–Crippen LogP) is 2.87. The van der Waals surface area contributed by atoms with Crippen molar-refractivity contribution in [1.29, 1.82) is 0 Å². The van der Waals surface area contributed by atoms with Crippen LogP contribution in [0.5, 0.6) is 5.88 Å². The van der Waals surface area contributed by atoms with Crippen LogP contribution in [0.4, 0.5) is 5.95 Å². The Kier molecular flexibility index (Phi) is 3.50. The van der Waals surface area contributed by atoms with Crippen LogP contribution in [0.3, 0.4) is 0 Å². The van der Waals surface area contributed by atoms with Crippen molar-refractivity contribution in [2.75, 3.05) is 11.9 Å². The third-order valence-electron chi connectivity index (χ3n) is 3.48. The highest BCUT2D eigenvalue weighted by molar-refractivity contribution is 5.30. The number of hydrogen-bond acceptors (Lipinski definition) is 4. The molecule has 1 aromatic rings. The highest BCUT2D eigenvalue weighted by Gasteiger charge is 2.34. The highest BCUT2D eigenvalue weighted by Crippen LogP contribution is 2.38. The molecule has 0 spiro atoms. The monoisotopic (exact) mass is 235 g/mol. The number of rotatable bonds is 4. The minimum atomic E-state index is 0.324. The SMILES string of the molecule is CCOc1ccnc(NC2CCCC2(C)C)n1. The van der Waals surface area contributed by atoms with Gasteiger partial charge in [0.1, 0.15) is 0 Å². The van der Waals surface area contributed by atoms with Crippen molar-refractivity contribution >= 4 is 5.95 Å². The quantitative estimate of drug-likeness (QED) is 0.871. The molecule has 17 heavy (non-hydrogen) atoms. The molecule has 4 heteroatoms. The summed E-state index contributed by atoms with van der Waals surface area (Å²) in [5, 5.41) is 3.43. The van der Waals surface area contributed by atoms with Gasteiger partial charge in [0.2, 0.25) is 11.8 Å². The highest BCUT2D eigenvalue weighted by atomic mass is 16.5. The summed E-state index contributed by atoms with van der Waals surface area (Å²) >= 11 is 0. The molecule has 1 unspecified atom stereocenters. The van der Waals surface area contributed by atoms with Gasteiger partial charge in [-0.3, -0.25) is 0 Å². The van der Waals surface area contributed by atoms with Crippen molar-refractivity contribution in [2.45, 2.75) is 46.1 Å². The van der Waals surface area contributed by atoms with Crippen LogP contribution in [0.1, 0.15) is 40.0 Å². The molecule has 1 N–H and O–H groups in total. The standard InChI is InChI=1S/C13H21N3O/c1-4-17-11-7-9-14-12(16-11)15-10-6-5-8-13(10,2)3/h7,9-10H,4-6,8H2,1-3H3,(H,14,15,16). The smallest absolute Gasteiger partial charge is 0.226 e. The fourth-order valence-electron chi connectivity index (χ4n) is 2.39. The second kappa shape index (κ2) is 4.90. The minimum Gasteiger partial charge on any atom is -0.478 e. The topological polar surface area (TPSA) is 47.0 Å². The van der Waals surface area contributed by atoms with E-state index >= 15 is 0 Å². The summed E-state index contributed by atoms with van der Waals surface area (Å²) in [6, 6.07) is 2.24. The zero-order valence-corrected chi connectivity index (χ0v) is 10.9. The molecule has 0 amide bonds. The summed E-state index contributed by atoms with van der Waals surface area (Å²) in [5.41, 5.74) is 0.324. The largest absolute Gasteiger partial charge is 0.478 e. The zero-order valence-electron chi connectivity index (χ0n) is 10.9. The van der Waals surface area contributed by atoms with Gasteiger partial charge in [-0.1, -0.05) is 20.3 Å². The van der Waals surface area contributed by atoms with Crippen molar-refractivity contribution < 1.29 is 4.74 Å². The number of ether oxygens (including phenoxy) is 1. The van der Waals surface area contributed by atoms with E-state index in [0.717, 1.165) is 0 Å². The predicted molar refractivity (Wildman–Crippen MR) is 68.2 cm³/mol. The van der Waals surface area contributed by atoms with E-state index in [1.807, 2.05) is 6.92 Å². The Hall–Kier alpha value is -1.32. The van der Waals surface area contributed by atoms with Crippen LogP contribution in [0.15, 0.2) is 12.3 Å². The molecule has 0 aromatic carbocycles. The number of nitrogens with one attached hydrogen (secondary N) is 1. The number of anilines is 1. The molecule has 1 fully saturated rings. The third-order valence-corrected chi connectivity index (χ3v) is 3.48. The number of nitrogens with zero attached hydrogens (tertiary/aromatic N) is 2. The molecule has 1 heterocycles. The van der Waals surface area contributed by atoms with E-state index in [1.54, 1.807) is 12.3 Å². The van der Waals surface area contributed by atoms with Gasteiger partial charge in [-0.2, -0.15) is 4.98 Å². The molecular weight excluding hydrogens is 214 g/mol. The van der Waals surface area contributed by atoms with Gasteiger partial charge < -0.3 is 10.1 Å². The van der Waals surface area contributed by atoms with Gasteiger partial charge in [-0.05, 0) is 25.2 Å². The summed E-state index contributed by atoms with van der Waals surface area (Å²) in [6.45, 7) is 7.18. The van der Waals surface area contributed by atoms with E-state index in [0.29, 0.717) is 29.9 Å². The molecule has 1 atom stereocenters. The second-order valence-electron chi connectivity index (χ2n) is 5.23.